The van der Waals surface area contributed by atoms with Gasteiger partial charge in [-0.25, -0.2) is 0 Å². The summed E-state index contributed by atoms with van der Waals surface area (Å²) in [4.78, 5) is 83.7. The van der Waals surface area contributed by atoms with Gasteiger partial charge in [0.15, 0.2) is 34.7 Å². The van der Waals surface area contributed by atoms with E-state index in [0.717, 1.165) is 86.4 Å². The van der Waals surface area contributed by atoms with E-state index in [0.29, 0.717) is 33.4 Å². The molecule has 0 aliphatic heterocycles. The third kappa shape index (κ3) is 14.7. The van der Waals surface area contributed by atoms with E-state index in [9.17, 15) is 28.8 Å². The Morgan fingerprint density at radius 1 is 0.222 bits per heavy atom. The summed E-state index contributed by atoms with van der Waals surface area (Å²) in [6.45, 7) is 0. The zero-order valence-corrected chi connectivity index (χ0v) is 51.1. The summed E-state index contributed by atoms with van der Waals surface area (Å²) in [5.41, 5.74) is 5.49. The second kappa shape index (κ2) is 28.8. The van der Waals surface area contributed by atoms with Crippen LogP contribution in [0, 0.1) is 49.4 Å². The van der Waals surface area contributed by atoms with E-state index in [1.165, 1.54) is 0 Å². The molecule has 2 aromatic heterocycles. The maximum absolute atomic E-state index is 12.5. The van der Waals surface area contributed by atoms with Gasteiger partial charge < -0.3 is 0 Å². The number of aromatic nitrogens is 2. The molecule has 15 rings (SSSR count). The molecule has 0 saturated heterocycles. The molecule has 15 aromatic rings. The fourth-order valence-electron chi connectivity index (χ4n) is 10.9. The van der Waals surface area contributed by atoms with Gasteiger partial charge in [0, 0.05) is 56.5 Å². The standard InChI is InChI=1S/3C23H16O2.C12H8N2.Eu/c3*24-22(20-11-9-16-5-1-3-7-18(16)13-20)15-23(25)21-12-10-17-6-2-4-8-19(17)14-21;1-3-9-5-6-11-10(4-2-7-13-11)12(9)14-8-1;/h3*1-14H,15H2;1-8H;/q;;;;+3. The number of benzene rings is 13. The van der Waals surface area contributed by atoms with Crippen LogP contribution in [0.5, 0.6) is 0 Å². The zero-order chi connectivity index (χ0) is 61.1. The van der Waals surface area contributed by atoms with E-state index in [4.69, 9.17) is 0 Å². The zero-order valence-electron chi connectivity index (χ0n) is 48.7. The maximum atomic E-state index is 12.5. The van der Waals surface area contributed by atoms with Crippen LogP contribution in [0.15, 0.2) is 304 Å². The third-order valence-electron chi connectivity index (χ3n) is 15.7. The van der Waals surface area contributed by atoms with Gasteiger partial charge in [0.2, 0.25) is 0 Å². The molecule has 0 saturated carbocycles. The normalized spacial score (nSPS) is 10.8. The third-order valence-corrected chi connectivity index (χ3v) is 15.7. The first kappa shape index (κ1) is 61.5. The van der Waals surface area contributed by atoms with Crippen LogP contribution in [-0.4, -0.2) is 44.7 Å². The molecule has 8 nitrogen and oxygen atoms in total. The number of hydrogen-bond donors (Lipinski definition) is 0. The molecule has 430 valence electrons. The Hall–Kier alpha value is -10.2. The Bertz CT molecular complexity index is 4480. The van der Waals surface area contributed by atoms with Crippen molar-refractivity contribution in [3.63, 3.8) is 0 Å². The fourth-order valence-corrected chi connectivity index (χ4v) is 10.9. The van der Waals surface area contributed by atoms with Crippen molar-refractivity contribution in [2.75, 3.05) is 0 Å². The van der Waals surface area contributed by atoms with Gasteiger partial charge in [-0.05, 0) is 125 Å². The smallest absolute Gasteiger partial charge is 0.294 e. The molecule has 0 radical (unpaired) electrons. The van der Waals surface area contributed by atoms with E-state index < -0.39 is 0 Å². The Morgan fingerprint density at radius 2 is 0.444 bits per heavy atom. The average molecular weight is 1310 g/mol. The Morgan fingerprint density at radius 3 is 0.722 bits per heavy atom. The Labute approximate surface area is 560 Å². The number of Topliss-reactive ketones (excluding diaryl/α,β-unsaturated/α-hetero) is 6. The van der Waals surface area contributed by atoms with Crippen LogP contribution in [0.3, 0.4) is 0 Å². The molecule has 9 heteroatoms. The molecule has 0 atom stereocenters. The number of carbonyl (C=O) groups is 6. The first-order valence-corrected chi connectivity index (χ1v) is 29.3. The molecule has 0 N–H and O–H groups in total. The van der Waals surface area contributed by atoms with Gasteiger partial charge in [-0.1, -0.05) is 231 Å². The van der Waals surface area contributed by atoms with Crippen molar-refractivity contribution >= 4 is 121 Å². The van der Waals surface area contributed by atoms with Crippen LogP contribution in [0.2, 0.25) is 0 Å². The quantitative estimate of drug-likeness (QED) is 0.0672. The molecule has 0 unspecified atom stereocenters. The van der Waals surface area contributed by atoms with E-state index in [-0.39, 0.29) is 103 Å². The van der Waals surface area contributed by atoms with Crippen molar-refractivity contribution in [3.8, 4) is 0 Å². The summed E-state index contributed by atoms with van der Waals surface area (Å²) in [5.74, 6) is -0.895. The molecule has 0 amide bonds. The molecule has 0 spiro atoms. The molecule has 90 heavy (non-hydrogen) atoms. The largest absolute Gasteiger partial charge is 3.00 e. The number of pyridine rings is 2. The molecular formula is C81H56EuN2O6+3. The van der Waals surface area contributed by atoms with E-state index in [2.05, 4.69) is 28.2 Å². The van der Waals surface area contributed by atoms with Crippen molar-refractivity contribution in [1.82, 2.24) is 9.97 Å². The van der Waals surface area contributed by atoms with Crippen molar-refractivity contribution in [2.24, 2.45) is 0 Å². The van der Waals surface area contributed by atoms with Gasteiger partial charge >= 0.3 is 49.4 Å². The first-order valence-electron chi connectivity index (χ1n) is 29.3. The van der Waals surface area contributed by atoms with Gasteiger partial charge in [-0.15, -0.1) is 0 Å². The summed E-state index contributed by atoms with van der Waals surface area (Å²) >= 11 is 0. The van der Waals surface area contributed by atoms with Gasteiger partial charge in [-0.2, -0.15) is 0 Å². The molecule has 0 aliphatic carbocycles. The van der Waals surface area contributed by atoms with E-state index >= 15 is 0 Å². The predicted octanol–water partition coefficient (Wildman–Crippen LogP) is 19.1. The molecule has 0 fully saturated rings. The number of hydrogen-bond acceptors (Lipinski definition) is 8. The first-order chi connectivity index (χ1) is 43.6. The van der Waals surface area contributed by atoms with Gasteiger partial charge in [0.25, 0.3) is 0 Å². The minimum Gasteiger partial charge on any atom is -0.294 e. The summed E-state index contributed by atoms with van der Waals surface area (Å²) in [6, 6.07) is 92.7. The topological polar surface area (TPSA) is 128 Å². The summed E-state index contributed by atoms with van der Waals surface area (Å²) in [6.07, 6.45) is 3.27. The van der Waals surface area contributed by atoms with Crippen LogP contribution in [0.4, 0.5) is 0 Å². The fraction of sp³-hybridized carbons (Fsp3) is 0.0370. The van der Waals surface area contributed by atoms with E-state index in [1.807, 2.05) is 243 Å². The van der Waals surface area contributed by atoms with Crippen molar-refractivity contribution in [1.29, 1.82) is 0 Å². The Kier molecular flexibility index (Phi) is 19.7. The molecule has 2 heterocycles. The van der Waals surface area contributed by atoms with Crippen LogP contribution in [0.1, 0.15) is 81.4 Å². The SMILES string of the molecule is O=C(CC(=O)c1ccc2ccccc2c1)c1ccc2ccccc2c1.O=C(CC(=O)c1ccc2ccccc2c1)c1ccc2ccccc2c1.O=C(CC(=O)c1ccc2ccccc2c1)c1ccc2ccccc2c1.[Eu+3].c1cnc2c(c1)ccc1ncccc12. The number of nitrogens with zero attached hydrogens (tertiary/aromatic N) is 2. The number of ketones is 6. The second-order valence-electron chi connectivity index (χ2n) is 21.7. The minimum absolute atomic E-state index is 0. The van der Waals surface area contributed by atoms with Crippen LogP contribution in [0.25, 0.3) is 86.4 Å². The monoisotopic (exact) mass is 1310 g/mol. The molecule has 0 bridgehead atoms. The van der Waals surface area contributed by atoms with Crippen LogP contribution >= 0.6 is 0 Å². The number of carbonyl (C=O) groups excluding carboxylic acids is 6. The summed E-state index contributed by atoms with van der Waals surface area (Å²) < 4.78 is 0. The van der Waals surface area contributed by atoms with Crippen LogP contribution < -0.4 is 0 Å². The van der Waals surface area contributed by atoms with Gasteiger partial charge in [-0.3, -0.25) is 38.7 Å². The molecule has 13 aromatic carbocycles. The second-order valence-corrected chi connectivity index (χ2v) is 21.7. The maximum Gasteiger partial charge on any atom is 3.00 e. The van der Waals surface area contributed by atoms with Gasteiger partial charge in [0.05, 0.1) is 30.3 Å². The summed E-state index contributed by atoms with van der Waals surface area (Å²) in [7, 11) is 0. The Balaban J connectivity index is 0.000000125. The van der Waals surface area contributed by atoms with Crippen LogP contribution in [-0.2, 0) is 0 Å². The van der Waals surface area contributed by atoms with Crippen molar-refractivity contribution in [2.45, 2.75) is 19.3 Å². The van der Waals surface area contributed by atoms with Crippen molar-refractivity contribution < 1.29 is 78.1 Å². The van der Waals surface area contributed by atoms with Gasteiger partial charge in [0.1, 0.15) is 0 Å². The number of rotatable bonds is 12. The van der Waals surface area contributed by atoms with Crippen molar-refractivity contribution in [3.05, 3.63) is 337 Å². The average Bonchev–Trinajstić information content (AvgIpc) is 3.12. The summed E-state index contributed by atoms with van der Waals surface area (Å²) in [5, 5.41) is 14.8. The number of fused-ring (bicyclic) bond motifs is 9. The molecular weight excluding hydrogens is 1250 g/mol. The minimum atomic E-state index is -0.149. The molecule has 0 aliphatic rings. The van der Waals surface area contributed by atoms with E-state index in [1.54, 1.807) is 42.6 Å². The predicted molar refractivity (Wildman–Crippen MR) is 361 cm³/mol.